The number of carbonyl (C=O) groups is 2. The number of nitro groups is 1. The van der Waals surface area contributed by atoms with E-state index in [1.165, 1.54) is 29.7 Å². The van der Waals surface area contributed by atoms with Crippen LogP contribution in [-0.4, -0.2) is 28.1 Å². The molecule has 0 aliphatic heterocycles. The predicted molar refractivity (Wildman–Crippen MR) is 109 cm³/mol. The van der Waals surface area contributed by atoms with Gasteiger partial charge in [0.25, 0.3) is 11.8 Å². The van der Waals surface area contributed by atoms with Crippen molar-refractivity contribution in [3.05, 3.63) is 86.1 Å². The molecule has 3 rings (SSSR count). The third kappa shape index (κ3) is 4.82. The largest absolute Gasteiger partial charge is 0.502 e. The number of anilines is 1. The topological polar surface area (TPSA) is 134 Å². The second-order valence-electron chi connectivity index (χ2n) is 5.68. The second-order valence-corrected chi connectivity index (χ2v) is 6.63. The van der Waals surface area contributed by atoms with E-state index in [9.17, 15) is 24.8 Å². The Bertz CT molecular complexity index is 1100. The highest BCUT2D eigenvalue weighted by atomic mass is 32.1. The van der Waals surface area contributed by atoms with Gasteiger partial charge in [-0.25, -0.2) is 5.43 Å². The van der Waals surface area contributed by atoms with Crippen molar-refractivity contribution in [2.75, 3.05) is 5.32 Å². The maximum Gasteiger partial charge on any atom is 0.311 e. The summed E-state index contributed by atoms with van der Waals surface area (Å²) in [6.45, 7) is 0. The van der Waals surface area contributed by atoms with E-state index in [0.29, 0.717) is 16.1 Å². The van der Waals surface area contributed by atoms with Gasteiger partial charge in [-0.3, -0.25) is 19.7 Å². The van der Waals surface area contributed by atoms with Crippen molar-refractivity contribution in [1.82, 2.24) is 5.43 Å². The van der Waals surface area contributed by atoms with Crippen LogP contribution in [0.1, 0.15) is 25.6 Å². The summed E-state index contributed by atoms with van der Waals surface area (Å²) in [7, 11) is 0. The van der Waals surface area contributed by atoms with Gasteiger partial charge in [-0.2, -0.15) is 5.10 Å². The molecule has 9 nitrogen and oxygen atoms in total. The fourth-order valence-corrected chi connectivity index (χ4v) is 2.99. The van der Waals surface area contributed by atoms with Crippen molar-refractivity contribution in [2.24, 2.45) is 5.10 Å². The number of rotatable bonds is 6. The van der Waals surface area contributed by atoms with Gasteiger partial charge in [0.1, 0.15) is 0 Å². The lowest BCUT2D eigenvalue weighted by atomic mass is 10.1. The van der Waals surface area contributed by atoms with Gasteiger partial charge in [0, 0.05) is 11.6 Å². The van der Waals surface area contributed by atoms with E-state index >= 15 is 0 Å². The van der Waals surface area contributed by atoms with Gasteiger partial charge < -0.3 is 10.4 Å². The standard InChI is InChI=1S/C19H14N4O5S/c24-16-8-7-12(10-15(16)23(27)28)11-20-22-18(25)13-4-1-2-5-14(13)21-19(26)17-6-3-9-29-17/h1-11,24H,(H,21,26)(H,22,25). The minimum Gasteiger partial charge on any atom is -0.502 e. The van der Waals surface area contributed by atoms with Gasteiger partial charge in [-0.15, -0.1) is 11.3 Å². The van der Waals surface area contributed by atoms with Gasteiger partial charge in [0.05, 0.1) is 27.3 Å². The zero-order chi connectivity index (χ0) is 20.8. The highest BCUT2D eigenvalue weighted by Gasteiger charge is 2.15. The smallest absolute Gasteiger partial charge is 0.311 e. The summed E-state index contributed by atoms with van der Waals surface area (Å²) in [5.74, 6) is -1.37. The zero-order valence-electron chi connectivity index (χ0n) is 14.7. The van der Waals surface area contributed by atoms with Gasteiger partial charge >= 0.3 is 5.69 Å². The molecule has 0 spiro atoms. The van der Waals surface area contributed by atoms with E-state index in [2.05, 4.69) is 15.8 Å². The number of nitrogens with one attached hydrogen (secondary N) is 2. The Labute approximate surface area is 168 Å². The number of hydrogen-bond acceptors (Lipinski definition) is 7. The number of hydrogen-bond donors (Lipinski definition) is 3. The molecule has 29 heavy (non-hydrogen) atoms. The Morgan fingerprint density at radius 2 is 1.90 bits per heavy atom. The van der Waals surface area contributed by atoms with E-state index in [1.807, 2.05) is 0 Å². The SMILES string of the molecule is O=C(Nc1ccccc1C(=O)NN=Cc1ccc(O)c([N+](=O)[O-])c1)c1cccs1. The highest BCUT2D eigenvalue weighted by Crippen LogP contribution is 2.25. The maximum atomic E-state index is 12.4. The van der Waals surface area contributed by atoms with Crippen molar-refractivity contribution in [1.29, 1.82) is 0 Å². The van der Waals surface area contributed by atoms with Gasteiger partial charge in [-0.1, -0.05) is 18.2 Å². The van der Waals surface area contributed by atoms with Gasteiger partial charge in [0.15, 0.2) is 5.75 Å². The first-order chi connectivity index (χ1) is 14.0. The molecule has 0 radical (unpaired) electrons. The molecule has 0 aliphatic carbocycles. The fraction of sp³-hybridized carbons (Fsp3) is 0. The first-order valence-corrected chi connectivity index (χ1v) is 9.08. The number of phenolic OH excluding ortho intramolecular Hbond substituents is 1. The van der Waals surface area contributed by atoms with Crippen LogP contribution in [0, 0.1) is 10.1 Å². The van der Waals surface area contributed by atoms with Crippen LogP contribution in [0.3, 0.4) is 0 Å². The number of thiophene rings is 1. The number of aromatic hydroxyl groups is 1. The number of para-hydroxylation sites is 1. The molecule has 1 heterocycles. The van der Waals surface area contributed by atoms with Crippen molar-refractivity contribution in [2.45, 2.75) is 0 Å². The molecule has 0 saturated heterocycles. The van der Waals surface area contributed by atoms with Crippen LogP contribution in [0.5, 0.6) is 5.75 Å². The molecular formula is C19H14N4O5S. The molecule has 10 heteroatoms. The van der Waals surface area contributed by atoms with Gasteiger partial charge in [0.2, 0.25) is 0 Å². The Hall–Kier alpha value is -4.05. The van der Waals surface area contributed by atoms with Crippen LogP contribution in [0.2, 0.25) is 0 Å². The molecule has 0 saturated carbocycles. The van der Waals surface area contributed by atoms with E-state index in [1.54, 1.807) is 35.7 Å². The molecular weight excluding hydrogens is 396 g/mol. The van der Waals surface area contributed by atoms with Gasteiger partial charge in [-0.05, 0) is 35.7 Å². The lowest BCUT2D eigenvalue weighted by Crippen LogP contribution is -2.21. The van der Waals surface area contributed by atoms with Crippen LogP contribution in [-0.2, 0) is 0 Å². The summed E-state index contributed by atoms with van der Waals surface area (Å²) in [5, 5.41) is 28.5. The first kappa shape index (κ1) is 19.7. The molecule has 3 N–H and O–H groups in total. The number of nitrogens with zero attached hydrogens (tertiary/aromatic N) is 2. The number of carbonyl (C=O) groups excluding carboxylic acids is 2. The van der Waals surface area contributed by atoms with Crippen LogP contribution in [0.15, 0.2) is 65.1 Å². The van der Waals surface area contributed by atoms with Crippen LogP contribution in [0.25, 0.3) is 0 Å². The first-order valence-electron chi connectivity index (χ1n) is 8.20. The number of amides is 2. The minimum absolute atomic E-state index is 0.200. The van der Waals surface area contributed by atoms with Crippen LogP contribution >= 0.6 is 11.3 Å². The lowest BCUT2D eigenvalue weighted by molar-refractivity contribution is -0.385. The monoisotopic (exact) mass is 410 g/mol. The van der Waals surface area contributed by atoms with Crippen LogP contribution < -0.4 is 10.7 Å². The summed E-state index contributed by atoms with van der Waals surface area (Å²) in [4.78, 5) is 35.3. The summed E-state index contributed by atoms with van der Waals surface area (Å²) in [6, 6.07) is 13.6. The molecule has 146 valence electrons. The average molecular weight is 410 g/mol. The van der Waals surface area contributed by atoms with E-state index in [0.717, 1.165) is 12.1 Å². The second kappa shape index (κ2) is 8.76. The molecule has 0 aliphatic rings. The molecule has 0 bridgehead atoms. The third-order valence-electron chi connectivity index (χ3n) is 3.74. The maximum absolute atomic E-state index is 12.4. The normalized spacial score (nSPS) is 10.6. The molecule has 2 amide bonds. The Kier molecular flexibility index (Phi) is 5.95. The summed E-state index contributed by atoms with van der Waals surface area (Å²) in [5.41, 5.74) is 2.67. The fourth-order valence-electron chi connectivity index (χ4n) is 2.37. The van der Waals surface area contributed by atoms with E-state index in [4.69, 9.17) is 0 Å². The molecule has 1 aromatic heterocycles. The number of nitro benzene ring substituents is 1. The van der Waals surface area contributed by atoms with Crippen molar-refractivity contribution in [3.8, 4) is 5.75 Å². The number of benzene rings is 2. The third-order valence-corrected chi connectivity index (χ3v) is 4.61. The lowest BCUT2D eigenvalue weighted by Gasteiger charge is -2.09. The average Bonchev–Trinajstić information content (AvgIpc) is 3.24. The molecule has 2 aromatic carbocycles. The Balaban J connectivity index is 1.71. The molecule has 0 fully saturated rings. The van der Waals surface area contributed by atoms with Crippen molar-refractivity contribution >= 4 is 40.7 Å². The van der Waals surface area contributed by atoms with E-state index in [-0.39, 0.29) is 11.5 Å². The predicted octanol–water partition coefficient (Wildman–Crippen LogP) is 3.38. The molecule has 0 atom stereocenters. The van der Waals surface area contributed by atoms with Crippen molar-refractivity contribution < 1.29 is 19.6 Å². The van der Waals surface area contributed by atoms with Crippen LogP contribution in [0.4, 0.5) is 11.4 Å². The summed E-state index contributed by atoms with van der Waals surface area (Å²) < 4.78 is 0. The quantitative estimate of drug-likeness (QED) is 0.325. The zero-order valence-corrected chi connectivity index (χ0v) is 15.6. The summed E-state index contributed by atoms with van der Waals surface area (Å²) >= 11 is 1.28. The Morgan fingerprint density at radius 1 is 1.10 bits per heavy atom. The number of phenols is 1. The molecule has 3 aromatic rings. The summed E-state index contributed by atoms with van der Waals surface area (Å²) in [6.07, 6.45) is 1.21. The Morgan fingerprint density at radius 3 is 2.62 bits per heavy atom. The number of hydrazone groups is 1. The highest BCUT2D eigenvalue weighted by molar-refractivity contribution is 7.12. The molecule has 0 unspecified atom stereocenters. The minimum atomic E-state index is -0.724. The van der Waals surface area contributed by atoms with Crippen molar-refractivity contribution in [3.63, 3.8) is 0 Å². The van der Waals surface area contributed by atoms with E-state index < -0.39 is 22.3 Å².